The summed E-state index contributed by atoms with van der Waals surface area (Å²) in [5.41, 5.74) is 0.851. The van der Waals surface area contributed by atoms with Crippen LogP contribution < -0.4 is 4.74 Å². The summed E-state index contributed by atoms with van der Waals surface area (Å²) in [5.74, 6) is 2.07. The zero-order chi connectivity index (χ0) is 17.5. The molecule has 1 unspecified atom stereocenters. The largest absolute Gasteiger partial charge is 0.494 e. The Balaban J connectivity index is 1.49. The lowest BCUT2D eigenvalue weighted by atomic mass is 10.2. The molecule has 6 nitrogen and oxygen atoms in total. The molecular formula is C19H22N4O2. The van der Waals surface area contributed by atoms with Gasteiger partial charge in [0.15, 0.2) is 0 Å². The molecule has 0 amide bonds. The van der Waals surface area contributed by atoms with Gasteiger partial charge in [-0.05, 0) is 44.7 Å². The van der Waals surface area contributed by atoms with Gasteiger partial charge in [-0.15, -0.1) is 0 Å². The molecule has 0 bridgehead atoms. The van der Waals surface area contributed by atoms with Crippen molar-refractivity contribution in [2.24, 2.45) is 0 Å². The Morgan fingerprint density at radius 2 is 2.00 bits per heavy atom. The van der Waals surface area contributed by atoms with Crippen molar-refractivity contribution in [2.75, 3.05) is 20.2 Å². The second kappa shape index (κ2) is 8.39. The van der Waals surface area contributed by atoms with Gasteiger partial charge in [0.1, 0.15) is 5.75 Å². The fourth-order valence-electron chi connectivity index (χ4n) is 2.42. The van der Waals surface area contributed by atoms with E-state index in [-0.39, 0.29) is 6.04 Å². The molecule has 0 spiro atoms. The molecule has 3 aromatic rings. The van der Waals surface area contributed by atoms with E-state index in [0.717, 1.165) is 24.3 Å². The number of para-hydroxylation sites is 1. The molecule has 25 heavy (non-hydrogen) atoms. The van der Waals surface area contributed by atoms with Gasteiger partial charge >= 0.3 is 0 Å². The summed E-state index contributed by atoms with van der Waals surface area (Å²) in [6, 6.07) is 13.7. The Hall–Kier alpha value is -2.73. The lowest BCUT2D eigenvalue weighted by molar-refractivity contribution is 0.192. The van der Waals surface area contributed by atoms with Crippen molar-refractivity contribution in [1.82, 2.24) is 20.0 Å². The van der Waals surface area contributed by atoms with Crippen LogP contribution in [0.2, 0.25) is 0 Å². The minimum Gasteiger partial charge on any atom is -0.494 e. The Morgan fingerprint density at radius 1 is 1.16 bits per heavy atom. The predicted molar refractivity (Wildman–Crippen MR) is 95.1 cm³/mol. The molecule has 0 aliphatic rings. The average Bonchev–Trinajstić information content (AvgIpc) is 3.16. The number of ether oxygens (including phenoxy) is 1. The smallest absolute Gasteiger partial charge is 0.244 e. The van der Waals surface area contributed by atoms with Crippen molar-refractivity contribution in [3.63, 3.8) is 0 Å². The molecule has 1 atom stereocenters. The topological polar surface area (TPSA) is 64.3 Å². The van der Waals surface area contributed by atoms with Crippen LogP contribution in [0.4, 0.5) is 0 Å². The van der Waals surface area contributed by atoms with Crippen LogP contribution in [0.25, 0.3) is 11.4 Å². The molecule has 0 radical (unpaired) electrons. The van der Waals surface area contributed by atoms with E-state index >= 15 is 0 Å². The highest BCUT2D eigenvalue weighted by atomic mass is 16.5. The zero-order valence-electron chi connectivity index (χ0n) is 14.5. The van der Waals surface area contributed by atoms with Crippen LogP contribution in [0, 0.1) is 0 Å². The summed E-state index contributed by atoms with van der Waals surface area (Å²) < 4.78 is 11.1. The van der Waals surface area contributed by atoms with Crippen molar-refractivity contribution >= 4 is 0 Å². The van der Waals surface area contributed by atoms with Gasteiger partial charge in [-0.1, -0.05) is 23.4 Å². The van der Waals surface area contributed by atoms with E-state index in [0.29, 0.717) is 18.3 Å². The third-order valence-corrected chi connectivity index (χ3v) is 4.05. The summed E-state index contributed by atoms with van der Waals surface area (Å²) in [7, 11) is 2.04. The molecule has 0 aliphatic carbocycles. The quantitative estimate of drug-likeness (QED) is 0.585. The summed E-state index contributed by atoms with van der Waals surface area (Å²) in [6.07, 6.45) is 4.36. The second-order valence-corrected chi connectivity index (χ2v) is 5.87. The Labute approximate surface area is 147 Å². The van der Waals surface area contributed by atoms with E-state index in [9.17, 15) is 0 Å². The maximum atomic E-state index is 5.72. The highest BCUT2D eigenvalue weighted by Gasteiger charge is 2.19. The highest BCUT2D eigenvalue weighted by molar-refractivity contribution is 5.51. The Morgan fingerprint density at radius 3 is 2.76 bits per heavy atom. The molecular weight excluding hydrogens is 316 g/mol. The third kappa shape index (κ3) is 4.64. The monoisotopic (exact) mass is 338 g/mol. The van der Waals surface area contributed by atoms with Crippen molar-refractivity contribution in [1.29, 1.82) is 0 Å². The van der Waals surface area contributed by atoms with Crippen molar-refractivity contribution in [3.8, 4) is 17.1 Å². The average molecular weight is 338 g/mol. The first-order valence-electron chi connectivity index (χ1n) is 8.36. The molecule has 0 saturated heterocycles. The van der Waals surface area contributed by atoms with Gasteiger partial charge in [0.25, 0.3) is 0 Å². The molecule has 2 heterocycles. The van der Waals surface area contributed by atoms with E-state index in [1.165, 1.54) is 0 Å². The molecule has 0 aliphatic heterocycles. The molecule has 0 fully saturated rings. The Kier molecular flexibility index (Phi) is 5.74. The van der Waals surface area contributed by atoms with E-state index in [1.54, 1.807) is 12.4 Å². The second-order valence-electron chi connectivity index (χ2n) is 5.87. The zero-order valence-corrected chi connectivity index (χ0v) is 14.5. The molecule has 0 saturated carbocycles. The fraction of sp³-hybridized carbons (Fsp3) is 0.316. The number of hydrogen-bond acceptors (Lipinski definition) is 6. The van der Waals surface area contributed by atoms with Gasteiger partial charge in [0.05, 0.1) is 12.6 Å². The molecule has 3 rings (SSSR count). The van der Waals surface area contributed by atoms with E-state index < -0.39 is 0 Å². The van der Waals surface area contributed by atoms with E-state index in [1.807, 2.05) is 49.5 Å². The maximum Gasteiger partial charge on any atom is 0.244 e. The normalized spacial score (nSPS) is 12.3. The number of nitrogens with zero attached hydrogens (tertiary/aromatic N) is 4. The molecule has 130 valence electrons. The predicted octanol–water partition coefficient (Wildman–Crippen LogP) is 3.59. The van der Waals surface area contributed by atoms with Crippen LogP contribution in [0.1, 0.15) is 25.3 Å². The molecule has 1 aromatic carbocycles. The Bertz CT molecular complexity index is 761. The highest BCUT2D eigenvalue weighted by Crippen LogP contribution is 2.21. The maximum absolute atomic E-state index is 5.72. The van der Waals surface area contributed by atoms with Crippen LogP contribution >= 0.6 is 0 Å². The van der Waals surface area contributed by atoms with Gasteiger partial charge in [-0.25, -0.2) is 0 Å². The van der Waals surface area contributed by atoms with Crippen molar-refractivity contribution in [3.05, 3.63) is 60.7 Å². The molecule has 6 heteroatoms. The standard InChI is InChI=1S/C19H22N4O2/c1-15(19-21-18(22-25-19)16-8-6-11-20-14-16)23(2)12-7-13-24-17-9-4-3-5-10-17/h3-6,8-11,14-15H,7,12-13H2,1-2H3. The van der Waals surface area contributed by atoms with Gasteiger partial charge in [0.2, 0.25) is 11.7 Å². The first kappa shape index (κ1) is 17.1. The van der Waals surface area contributed by atoms with Crippen LogP contribution in [-0.4, -0.2) is 40.2 Å². The lowest BCUT2D eigenvalue weighted by Crippen LogP contribution is -2.25. The first-order valence-corrected chi connectivity index (χ1v) is 8.36. The number of hydrogen-bond donors (Lipinski definition) is 0. The van der Waals surface area contributed by atoms with Gasteiger partial charge in [0, 0.05) is 24.5 Å². The number of pyridine rings is 1. The van der Waals surface area contributed by atoms with Gasteiger partial charge in [-0.2, -0.15) is 4.98 Å². The van der Waals surface area contributed by atoms with Crippen LogP contribution in [0.3, 0.4) is 0 Å². The number of rotatable bonds is 8. The summed E-state index contributed by atoms with van der Waals surface area (Å²) in [5, 5.41) is 4.05. The van der Waals surface area contributed by atoms with Crippen LogP contribution in [-0.2, 0) is 0 Å². The number of aromatic nitrogens is 3. The van der Waals surface area contributed by atoms with Crippen molar-refractivity contribution < 1.29 is 9.26 Å². The minimum absolute atomic E-state index is 0.0367. The van der Waals surface area contributed by atoms with Crippen LogP contribution in [0.5, 0.6) is 5.75 Å². The lowest BCUT2D eigenvalue weighted by Gasteiger charge is -2.21. The number of benzene rings is 1. The molecule has 2 aromatic heterocycles. The summed E-state index contributed by atoms with van der Waals surface area (Å²) >= 11 is 0. The third-order valence-electron chi connectivity index (χ3n) is 4.05. The van der Waals surface area contributed by atoms with Crippen molar-refractivity contribution in [2.45, 2.75) is 19.4 Å². The van der Waals surface area contributed by atoms with E-state index in [2.05, 4.69) is 26.9 Å². The van der Waals surface area contributed by atoms with Gasteiger partial charge in [-0.3, -0.25) is 9.88 Å². The summed E-state index contributed by atoms with van der Waals surface area (Å²) in [4.78, 5) is 10.7. The fourth-order valence-corrected chi connectivity index (χ4v) is 2.42. The van der Waals surface area contributed by atoms with Gasteiger partial charge < -0.3 is 9.26 Å². The SMILES string of the molecule is CC(c1nc(-c2cccnc2)no1)N(C)CCCOc1ccccc1. The molecule has 0 N–H and O–H groups in total. The minimum atomic E-state index is 0.0367. The summed E-state index contributed by atoms with van der Waals surface area (Å²) in [6.45, 7) is 3.60. The first-order chi connectivity index (χ1) is 12.2. The van der Waals surface area contributed by atoms with Crippen LogP contribution in [0.15, 0.2) is 59.4 Å². The van der Waals surface area contributed by atoms with E-state index in [4.69, 9.17) is 9.26 Å².